The normalized spacial score (nSPS) is 12.1. The van der Waals surface area contributed by atoms with Gasteiger partial charge in [0.15, 0.2) is 6.61 Å². The van der Waals surface area contributed by atoms with Gasteiger partial charge in [-0.15, -0.1) is 10.1 Å². The molecule has 0 fully saturated rings. The lowest BCUT2D eigenvalue weighted by Crippen LogP contribution is -2.27. The first-order valence-corrected chi connectivity index (χ1v) is 11.6. The summed E-state index contributed by atoms with van der Waals surface area (Å²) in [6.45, 7) is 5.46. The molecule has 0 aliphatic carbocycles. The van der Waals surface area contributed by atoms with Gasteiger partial charge in [0.1, 0.15) is 12.4 Å². The number of benzene rings is 1. The van der Waals surface area contributed by atoms with Crippen molar-refractivity contribution >= 4 is 5.91 Å². The van der Waals surface area contributed by atoms with E-state index in [0.29, 0.717) is 12.2 Å². The van der Waals surface area contributed by atoms with Crippen LogP contribution in [-0.2, 0) is 9.63 Å². The second-order valence-corrected chi connectivity index (χ2v) is 7.55. The first kappa shape index (κ1) is 31.0. The Balaban J connectivity index is 0.000000661. The van der Waals surface area contributed by atoms with Crippen molar-refractivity contribution in [3.63, 3.8) is 0 Å². The minimum Gasteiger partial charge on any atom is -0.487 e. The van der Waals surface area contributed by atoms with Gasteiger partial charge in [-0.05, 0) is 56.7 Å². The highest BCUT2D eigenvalue weighted by Crippen LogP contribution is 2.21. The lowest BCUT2D eigenvalue weighted by atomic mass is 10.00. The number of amides is 1. The van der Waals surface area contributed by atoms with Gasteiger partial charge >= 0.3 is 0 Å². The molecule has 0 bridgehead atoms. The number of alkyl halides is 2. The SMILES string of the molecule is C/C=C\CCCC(=O)NCCO[N+](=O)[O-].CCCC(/C=C/C(F)(F)COc1ccccc1)CC. The molecule has 1 atom stereocenters. The molecule has 0 saturated heterocycles. The maximum atomic E-state index is 13.6. The summed E-state index contributed by atoms with van der Waals surface area (Å²) < 4.78 is 32.4. The Hall–Kier alpha value is -2.97. The second kappa shape index (κ2) is 19.5. The third kappa shape index (κ3) is 18.6. The zero-order valence-electron chi connectivity index (χ0n) is 20.4. The van der Waals surface area contributed by atoms with Crippen LogP contribution >= 0.6 is 0 Å². The highest BCUT2D eigenvalue weighted by Gasteiger charge is 2.26. The first-order chi connectivity index (χ1) is 16.2. The number of nitrogens with zero attached hydrogens (tertiary/aromatic N) is 1. The number of hydrogen-bond acceptors (Lipinski definition) is 5. The van der Waals surface area contributed by atoms with E-state index >= 15 is 0 Å². The van der Waals surface area contributed by atoms with Gasteiger partial charge in [0.05, 0.1) is 0 Å². The van der Waals surface area contributed by atoms with Crippen LogP contribution in [0.15, 0.2) is 54.6 Å². The van der Waals surface area contributed by atoms with Crippen LogP contribution < -0.4 is 10.1 Å². The molecule has 34 heavy (non-hydrogen) atoms. The van der Waals surface area contributed by atoms with Crippen molar-refractivity contribution in [2.45, 2.75) is 65.2 Å². The number of para-hydroxylation sites is 1. The van der Waals surface area contributed by atoms with E-state index in [-0.39, 0.29) is 25.0 Å². The van der Waals surface area contributed by atoms with Crippen LogP contribution in [0.5, 0.6) is 5.75 Å². The fourth-order valence-corrected chi connectivity index (χ4v) is 2.77. The highest BCUT2D eigenvalue weighted by atomic mass is 19.3. The van der Waals surface area contributed by atoms with Crippen molar-refractivity contribution in [3.8, 4) is 5.75 Å². The van der Waals surface area contributed by atoms with Gasteiger partial charge < -0.3 is 14.9 Å². The molecule has 0 aromatic heterocycles. The Morgan fingerprint density at radius 1 is 1.26 bits per heavy atom. The number of allylic oxidation sites excluding steroid dienone is 3. The molecule has 0 aliphatic rings. The monoisotopic (exact) mass is 484 g/mol. The summed E-state index contributed by atoms with van der Waals surface area (Å²) in [5.41, 5.74) is 0. The number of rotatable bonds is 16. The topological polar surface area (TPSA) is 90.7 Å². The third-order valence-electron chi connectivity index (χ3n) is 4.60. The predicted octanol–water partition coefficient (Wildman–Crippen LogP) is 6.14. The maximum absolute atomic E-state index is 13.6. The molecule has 192 valence electrons. The molecule has 1 N–H and O–H groups in total. The number of hydrogen-bond donors (Lipinski definition) is 1. The van der Waals surface area contributed by atoms with Crippen molar-refractivity contribution < 1.29 is 28.2 Å². The number of carbonyl (C=O) groups is 1. The molecule has 0 heterocycles. The lowest BCUT2D eigenvalue weighted by Gasteiger charge is -2.15. The molecule has 7 nitrogen and oxygen atoms in total. The van der Waals surface area contributed by atoms with Gasteiger partial charge in [-0.1, -0.05) is 56.7 Å². The van der Waals surface area contributed by atoms with Gasteiger partial charge in [-0.3, -0.25) is 4.79 Å². The first-order valence-electron chi connectivity index (χ1n) is 11.6. The summed E-state index contributed by atoms with van der Waals surface area (Å²) in [6.07, 6.45) is 11.5. The lowest BCUT2D eigenvalue weighted by molar-refractivity contribution is -0.757. The summed E-state index contributed by atoms with van der Waals surface area (Å²) in [6, 6.07) is 8.69. The van der Waals surface area contributed by atoms with E-state index in [9.17, 15) is 23.7 Å². The molecule has 1 aromatic rings. The van der Waals surface area contributed by atoms with E-state index in [1.165, 1.54) is 0 Å². The van der Waals surface area contributed by atoms with Crippen LogP contribution in [0.1, 0.15) is 59.3 Å². The van der Waals surface area contributed by atoms with Crippen molar-refractivity contribution in [2.75, 3.05) is 19.8 Å². The van der Waals surface area contributed by atoms with E-state index in [2.05, 4.69) is 17.1 Å². The molecule has 1 amide bonds. The summed E-state index contributed by atoms with van der Waals surface area (Å²) >= 11 is 0. The Morgan fingerprint density at radius 3 is 2.56 bits per heavy atom. The average molecular weight is 485 g/mol. The van der Waals surface area contributed by atoms with E-state index in [1.807, 2.05) is 32.1 Å². The van der Waals surface area contributed by atoms with Gasteiger partial charge in [0.25, 0.3) is 11.0 Å². The van der Waals surface area contributed by atoms with Gasteiger partial charge in [-0.2, -0.15) is 8.78 Å². The van der Waals surface area contributed by atoms with Crippen LogP contribution in [0.25, 0.3) is 0 Å². The summed E-state index contributed by atoms with van der Waals surface area (Å²) in [5, 5.41) is 11.4. The van der Waals surface area contributed by atoms with Crippen LogP contribution in [0.2, 0.25) is 0 Å². The predicted molar refractivity (Wildman–Crippen MR) is 129 cm³/mol. The fourth-order valence-electron chi connectivity index (χ4n) is 2.77. The Bertz CT molecular complexity index is 727. The minimum absolute atomic E-state index is 0.104. The van der Waals surface area contributed by atoms with Gasteiger partial charge in [0, 0.05) is 13.0 Å². The van der Waals surface area contributed by atoms with Crippen LogP contribution in [0, 0.1) is 16.0 Å². The van der Waals surface area contributed by atoms with Gasteiger partial charge in [-0.25, -0.2) is 0 Å². The zero-order valence-corrected chi connectivity index (χ0v) is 20.4. The molecule has 0 saturated carbocycles. The molecule has 1 aromatic carbocycles. The van der Waals surface area contributed by atoms with E-state index < -0.39 is 17.6 Å². The molecular weight excluding hydrogens is 446 g/mol. The molecule has 1 unspecified atom stereocenters. The Labute approximate surface area is 201 Å². The smallest absolute Gasteiger partial charge is 0.299 e. The van der Waals surface area contributed by atoms with Crippen molar-refractivity contribution in [3.05, 3.63) is 64.8 Å². The molecule has 0 radical (unpaired) electrons. The summed E-state index contributed by atoms with van der Waals surface area (Å²) in [4.78, 5) is 24.9. The van der Waals surface area contributed by atoms with Gasteiger partial charge in [0.2, 0.25) is 5.91 Å². The average Bonchev–Trinajstić information content (AvgIpc) is 2.82. The van der Waals surface area contributed by atoms with E-state index in [1.54, 1.807) is 30.3 Å². The molecular formula is C25H38F2N2O5. The van der Waals surface area contributed by atoms with Crippen molar-refractivity contribution in [2.24, 2.45) is 5.92 Å². The Morgan fingerprint density at radius 2 is 1.97 bits per heavy atom. The van der Waals surface area contributed by atoms with E-state index in [0.717, 1.165) is 38.2 Å². The fraction of sp³-hybridized carbons (Fsp3) is 0.560. The number of nitrogens with one attached hydrogen (secondary N) is 1. The van der Waals surface area contributed by atoms with Crippen LogP contribution in [0.4, 0.5) is 8.78 Å². The number of unbranched alkanes of at least 4 members (excludes halogenated alkanes) is 1. The second-order valence-electron chi connectivity index (χ2n) is 7.55. The molecule has 1 rings (SSSR count). The number of ether oxygens (including phenoxy) is 1. The highest BCUT2D eigenvalue weighted by molar-refractivity contribution is 5.75. The number of halogens is 2. The molecule has 0 aliphatic heterocycles. The largest absolute Gasteiger partial charge is 0.487 e. The summed E-state index contributed by atoms with van der Waals surface area (Å²) in [7, 11) is 0. The minimum atomic E-state index is -2.92. The van der Waals surface area contributed by atoms with Crippen LogP contribution in [-0.4, -0.2) is 36.7 Å². The quantitative estimate of drug-likeness (QED) is 0.132. The number of carbonyl (C=O) groups excluding carboxylic acids is 1. The molecule has 9 heteroatoms. The zero-order chi connectivity index (χ0) is 25.7. The maximum Gasteiger partial charge on any atom is 0.299 e. The van der Waals surface area contributed by atoms with Crippen LogP contribution in [0.3, 0.4) is 0 Å². The third-order valence-corrected chi connectivity index (χ3v) is 4.60. The van der Waals surface area contributed by atoms with E-state index in [4.69, 9.17) is 4.74 Å². The van der Waals surface area contributed by atoms with Crippen molar-refractivity contribution in [1.82, 2.24) is 5.32 Å². The van der Waals surface area contributed by atoms with Crippen molar-refractivity contribution in [1.29, 1.82) is 0 Å². The molecule has 0 spiro atoms. The summed E-state index contributed by atoms with van der Waals surface area (Å²) in [5.74, 6) is -2.33. The Kier molecular flexibility index (Phi) is 17.8. The standard InChI is InChI=1S/C16H22F2O.C9H16N2O4/c1-3-8-14(4-2)11-12-16(17,18)13-19-15-9-6-5-7-10-15;1-2-3-4-5-6-9(12)10-7-8-15-11(13)14/h5-7,9-12,14H,3-4,8,13H2,1-2H3;2-3H,4-8H2,1H3,(H,10,12)/b12-11+;3-2-.